The average Bonchev–Trinajstić information content (AvgIpc) is 4.20. The fourth-order valence-electron chi connectivity index (χ4n) is 11.6. The van der Waals surface area contributed by atoms with Gasteiger partial charge in [0.2, 0.25) is 0 Å². The van der Waals surface area contributed by atoms with E-state index in [4.69, 9.17) is 19.4 Å². The zero-order valence-corrected chi connectivity index (χ0v) is 39.2. The number of hydrogen-bond donors (Lipinski definition) is 0. The largest absolute Gasteiger partial charge is 0.454 e. The molecule has 72 heavy (non-hydrogen) atoms. The van der Waals surface area contributed by atoms with Gasteiger partial charge in [-0.05, 0) is 82.9 Å². The number of nitrogens with zero attached hydrogens (tertiary/aromatic N) is 5. The van der Waals surface area contributed by atoms with Gasteiger partial charge in [0.25, 0.3) is 0 Å². The highest BCUT2D eigenvalue weighted by atomic mass is 32.1. The summed E-state index contributed by atoms with van der Waals surface area (Å²) in [6.07, 6.45) is 0. The SMILES string of the molecule is c1ccc(-n2c3ccccc3c3c(-c4nc(-c5cc(-n6c7cc8ccccc8cc7c7ccc8ccccc8c76)c6oc7ccccc7c6c5)nc(-c5cccc6sc7ccccc7c56)n4)cccc32)cc1. The van der Waals surface area contributed by atoms with Crippen molar-refractivity contribution in [1.29, 1.82) is 0 Å². The number of para-hydroxylation sites is 3. The molecule has 0 spiro atoms. The molecule has 0 aliphatic rings. The van der Waals surface area contributed by atoms with Crippen molar-refractivity contribution < 1.29 is 4.42 Å². The minimum Gasteiger partial charge on any atom is -0.454 e. The number of hydrogen-bond acceptors (Lipinski definition) is 5. The first-order valence-electron chi connectivity index (χ1n) is 24.3. The number of rotatable bonds is 5. The monoisotopic (exact) mass is 935 g/mol. The van der Waals surface area contributed by atoms with Crippen molar-refractivity contribution in [2.75, 3.05) is 0 Å². The van der Waals surface area contributed by atoms with Gasteiger partial charge in [-0.25, -0.2) is 15.0 Å². The molecule has 0 amide bonds. The smallest absolute Gasteiger partial charge is 0.164 e. The Morgan fingerprint density at radius 2 is 1.00 bits per heavy atom. The molecule has 0 atom stereocenters. The Kier molecular flexibility index (Phi) is 8.23. The molecule has 16 rings (SSSR count). The molecule has 16 aromatic rings. The first-order chi connectivity index (χ1) is 35.7. The summed E-state index contributed by atoms with van der Waals surface area (Å²) in [6.45, 7) is 0. The Morgan fingerprint density at radius 1 is 0.361 bits per heavy atom. The molecule has 0 saturated carbocycles. The van der Waals surface area contributed by atoms with Gasteiger partial charge in [-0.1, -0.05) is 158 Å². The Bertz CT molecular complexity index is 4940. The molecule has 7 heteroatoms. The van der Waals surface area contributed by atoms with E-state index in [0.717, 1.165) is 93.6 Å². The topological polar surface area (TPSA) is 61.7 Å². The zero-order valence-electron chi connectivity index (χ0n) is 38.4. The summed E-state index contributed by atoms with van der Waals surface area (Å²) in [5.41, 5.74) is 10.8. The van der Waals surface area contributed by atoms with Crippen molar-refractivity contribution in [2.45, 2.75) is 0 Å². The summed E-state index contributed by atoms with van der Waals surface area (Å²) in [5, 5.41) is 13.6. The van der Waals surface area contributed by atoms with Crippen LogP contribution in [0.15, 0.2) is 229 Å². The van der Waals surface area contributed by atoms with Gasteiger partial charge in [0, 0.05) is 80.3 Å². The van der Waals surface area contributed by atoms with Crippen LogP contribution in [0.3, 0.4) is 0 Å². The lowest BCUT2D eigenvalue weighted by Crippen LogP contribution is -2.02. The number of furan rings is 1. The quantitative estimate of drug-likeness (QED) is 0.172. The molecule has 11 aromatic carbocycles. The van der Waals surface area contributed by atoms with E-state index in [1.165, 1.54) is 41.7 Å². The molecule has 0 fully saturated rings. The molecule has 0 saturated heterocycles. The molecule has 0 bridgehead atoms. The zero-order chi connectivity index (χ0) is 47.0. The van der Waals surface area contributed by atoms with Gasteiger partial charge in [-0.15, -0.1) is 11.3 Å². The maximum Gasteiger partial charge on any atom is 0.164 e. The van der Waals surface area contributed by atoms with Crippen LogP contribution in [-0.4, -0.2) is 24.1 Å². The van der Waals surface area contributed by atoms with Crippen LogP contribution in [0.5, 0.6) is 0 Å². The highest BCUT2D eigenvalue weighted by molar-refractivity contribution is 7.25. The van der Waals surface area contributed by atoms with Crippen LogP contribution >= 0.6 is 11.3 Å². The molecule has 0 aliphatic carbocycles. The van der Waals surface area contributed by atoms with E-state index >= 15 is 0 Å². The molecule has 5 aromatic heterocycles. The Labute approximate surface area is 414 Å². The first kappa shape index (κ1) is 39.4. The van der Waals surface area contributed by atoms with E-state index in [9.17, 15) is 0 Å². The summed E-state index contributed by atoms with van der Waals surface area (Å²) in [4.78, 5) is 16.7. The summed E-state index contributed by atoms with van der Waals surface area (Å²) in [6, 6.07) is 80.2. The number of fused-ring (bicyclic) bond motifs is 15. The standard InChI is InChI=1S/C65H37N5OS/c1-2-19-42(20-3-1)69-52-27-11-8-23-46(52)59-48(25-14-28-53(59)69)64-66-63(67-65(68-64)49-26-15-31-58-60(49)47-24-10-13-30-57(47)72-58)41-35-51-44-22-9-12-29-56(44)71-62(51)55(37-41)70-54-36-40-18-5-4-17-39(40)34-50(54)45-33-32-38-16-6-7-21-43(38)61(45)70/h1-37H. The third-order valence-electron chi connectivity index (χ3n) is 14.7. The van der Waals surface area contributed by atoms with Crippen LogP contribution in [0.1, 0.15) is 0 Å². The molecule has 6 nitrogen and oxygen atoms in total. The van der Waals surface area contributed by atoms with Crippen molar-refractivity contribution in [3.8, 4) is 45.5 Å². The number of thiophene rings is 1. The molecular formula is C65H37N5OS. The lowest BCUT2D eigenvalue weighted by atomic mass is 10.0. The lowest BCUT2D eigenvalue weighted by molar-refractivity contribution is 0.666. The van der Waals surface area contributed by atoms with Crippen molar-refractivity contribution >= 4 is 119 Å². The normalized spacial score (nSPS) is 12.2. The van der Waals surface area contributed by atoms with Crippen LogP contribution in [0.25, 0.3) is 153 Å². The Balaban J connectivity index is 1.04. The predicted molar refractivity (Wildman–Crippen MR) is 300 cm³/mol. The molecular weight excluding hydrogens is 899 g/mol. The third-order valence-corrected chi connectivity index (χ3v) is 15.8. The number of aromatic nitrogens is 5. The molecule has 0 aliphatic heterocycles. The van der Waals surface area contributed by atoms with E-state index < -0.39 is 0 Å². The van der Waals surface area contributed by atoms with E-state index in [-0.39, 0.29) is 0 Å². The Hall–Kier alpha value is -9.43. The van der Waals surface area contributed by atoms with Crippen molar-refractivity contribution in [1.82, 2.24) is 24.1 Å². The van der Waals surface area contributed by atoms with Gasteiger partial charge in [-0.2, -0.15) is 0 Å². The van der Waals surface area contributed by atoms with Gasteiger partial charge < -0.3 is 13.6 Å². The van der Waals surface area contributed by atoms with Gasteiger partial charge in [0.05, 0.1) is 27.8 Å². The molecule has 0 N–H and O–H groups in total. The van der Waals surface area contributed by atoms with Crippen molar-refractivity contribution in [3.05, 3.63) is 224 Å². The van der Waals surface area contributed by atoms with E-state index in [2.05, 4.69) is 228 Å². The summed E-state index contributed by atoms with van der Waals surface area (Å²) < 4.78 is 14.2. The fourth-order valence-corrected chi connectivity index (χ4v) is 12.7. The molecule has 0 unspecified atom stereocenters. The van der Waals surface area contributed by atoms with Crippen LogP contribution in [0.2, 0.25) is 0 Å². The third kappa shape index (κ3) is 5.68. The highest BCUT2D eigenvalue weighted by Crippen LogP contribution is 2.45. The maximum atomic E-state index is 7.01. The van der Waals surface area contributed by atoms with Gasteiger partial charge in [0.15, 0.2) is 23.1 Å². The second-order valence-electron chi connectivity index (χ2n) is 18.7. The van der Waals surface area contributed by atoms with Crippen LogP contribution in [-0.2, 0) is 0 Å². The van der Waals surface area contributed by atoms with Gasteiger partial charge in [-0.3, -0.25) is 0 Å². The van der Waals surface area contributed by atoms with Gasteiger partial charge >= 0.3 is 0 Å². The van der Waals surface area contributed by atoms with Crippen molar-refractivity contribution in [3.63, 3.8) is 0 Å². The van der Waals surface area contributed by atoms with Gasteiger partial charge in [0.1, 0.15) is 5.58 Å². The maximum absolute atomic E-state index is 7.01. The van der Waals surface area contributed by atoms with E-state index in [1.807, 2.05) is 6.07 Å². The molecule has 334 valence electrons. The second kappa shape index (κ2) is 15.0. The first-order valence-corrected chi connectivity index (χ1v) is 25.1. The summed E-state index contributed by atoms with van der Waals surface area (Å²) in [5.74, 6) is 1.78. The highest BCUT2D eigenvalue weighted by Gasteiger charge is 2.25. The lowest BCUT2D eigenvalue weighted by Gasteiger charge is -2.14. The fraction of sp³-hybridized carbons (Fsp3) is 0. The molecule has 0 radical (unpaired) electrons. The van der Waals surface area contributed by atoms with Crippen LogP contribution < -0.4 is 0 Å². The van der Waals surface area contributed by atoms with Crippen molar-refractivity contribution in [2.24, 2.45) is 0 Å². The average molecular weight is 936 g/mol. The Morgan fingerprint density at radius 3 is 1.85 bits per heavy atom. The summed E-state index contributed by atoms with van der Waals surface area (Å²) >= 11 is 1.80. The van der Waals surface area contributed by atoms with E-state index in [0.29, 0.717) is 17.5 Å². The summed E-state index contributed by atoms with van der Waals surface area (Å²) in [7, 11) is 0. The minimum absolute atomic E-state index is 0.569. The number of benzene rings is 11. The van der Waals surface area contributed by atoms with Crippen LogP contribution in [0.4, 0.5) is 0 Å². The van der Waals surface area contributed by atoms with E-state index in [1.54, 1.807) is 11.3 Å². The molecule has 5 heterocycles. The second-order valence-corrected chi connectivity index (χ2v) is 19.8. The predicted octanol–water partition coefficient (Wildman–Crippen LogP) is 17.6. The minimum atomic E-state index is 0.569. The van der Waals surface area contributed by atoms with Crippen LogP contribution in [0, 0.1) is 0 Å².